The van der Waals surface area contributed by atoms with Crippen molar-refractivity contribution in [2.45, 2.75) is 52.1 Å². The number of aryl methyl sites for hydroxylation is 1. The van der Waals surface area contributed by atoms with Gasteiger partial charge in [0.25, 0.3) is 0 Å². The zero-order valence-electron chi connectivity index (χ0n) is 10.9. The minimum absolute atomic E-state index is 0.131. The molecule has 2 rings (SSSR count). The maximum atomic E-state index is 13.4. The van der Waals surface area contributed by atoms with Gasteiger partial charge in [0.2, 0.25) is 0 Å². The normalized spacial score (nSPS) is 28.1. The fraction of sp³-hybridized carbons (Fsp3) is 0.600. The van der Waals surface area contributed by atoms with E-state index in [1.165, 1.54) is 12.1 Å². The maximum Gasteiger partial charge on any atom is 0.123 e. The van der Waals surface area contributed by atoms with Gasteiger partial charge in [0.15, 0.2) is 0 Å². The molecule has 0 bridgehead atoms. The van der Waals surface area contributed by atoms with Crippen LogP contribution in [0, 0.1) is 18.2 Å². The van der Waals surface area contributed by atoms with Crippen LogP contribution in [0.2, 0.25) is 0 Å². The first-order chi connectivity index (χ1) is 7.82. The average molecular weight is 236 g/mol. The third-order valence-corrected chi connectivity index (χ3v) is 3.92. The highest BCUT2D eigenvalue weighted by Crippen LogP contribution is 2.46. The molecular formula is C15H21FO. The molecule has 1 aliphatic rings. The molecule has 1 nitrogen and oxygen atoms in total. The zero-order chi connectivity index (χ0) is 12.7. The summed E-state index contributed by atoms with van der Waals surface area (Å²) < 4.78 is 13.4. The fourth-order valence-corrected chi connectivity index (χ4v) is 3.15. The van der Waals surface area contributed by atoms with Gasteiger partial charge in [0.1, 0.15) is 5.82 Å². The van der Waals surface area contributed by atoms with Crippen LogP contribution in [0.5, 0.6) is 0 Å². The second-order valence-corrected chi connectivity index (χ2v) is 6.19. The molecule has 1 atom stereocenters. The van der Waals surface area contributed by atoms with E-state index in [1.807, 2.05) is 6.92 Å². The van der Waals surface area contributed by atoms with Crippen LogP contribution >= 0.6 is 0 Å². The SMILES string of the molecule is Cc1ccc(F)cc1C1(O)CCCC(C)(C)C1. The lowest BCUT2D eigenvalue weighted by atomic mass is 9.67. The molecule has 0 amide bonds. The van der Waals surface area contributed by atoms with Gasteiger partial charge in [-0.3, -0.25) is 0 Å². The second kappa shape index (κ2) is 4.09. The van der Waals surface area contributed by atoms with Crippen molar-refractivity contribution >= 4 is 0 Å². The molecule has 1 fully saturated rings. The van der Waals surface area contributed by atoms with E-state index < -0.39 is 5.60 Å². The first kappa shape index (κ1) is 12.6. The van der Waals surface area contributed by atoms with Crippen molar-refractivity contribution in [2.75, 3.05) is 0 Å². The van der Waals surface area contributed by atoms with E-state index in [2.05, 4.69) is 13.8 Å². The number of hydrogen-bond donors (Lipinski definition) is 1. The van der Waals surface area contributed by atoms with Crippen LogP contribution in [-0.2, 0) is 5.60 Å². The molecule has 17 heavy (non-hydrogen) atoms. The van der Waals surface area contributed by atoms with E-state index in [-0.39, 0.29) is 11.2 Å². The molecule has 1 aromatic carbocycles. The van der Waals surface area contributed by atoms with Crippen molar-refractivity contribution in [1.29, 1.82) is 0 Å². The Morgan fingerprint density at radius 3 is 2.59 bits per heavy atom. The van der Waals surface area contributed by atoms with E-state index in [4.69, 9.17) is 0 Å². The number of hydrogen-bond acceptors (Lipinski definition) is 1. The highest BCUT2D eigenvalue weighted by molar-refractivity contribution is 5.32. The van der Waals surface area contributed by atoms with Gasteiger partial charge in [-0.1, -0.05) is 19.9 Å². The lowest BCUT2D eigenvalue weighted by molar-refractivity contribution is -0.0446. The Hall–Kier alpha value is -0.890. The van der Waals surface area contributed by atoms with Crippen molar-refractivity contribution in [3.05, 3.63) is 35.1 Å². The Morgan fingerprint density at radius 1 is 1.24 bits per heavy atom. The number of halogens is 1. The lowest BCUT2D eigenvalue weighted by Gasteiger charge is -2.42. The highest BCUT2D eigenvalue weighted by atomic mass is 19.1. The molecule has 0 aromatic heterocycles. The van der Waals surface area contributed by atoms with E-state index in [9.17, 15) is 9.50 Å². The van der Waals surface area contributed by atoms with E-state index in [0.717, 1.165) is 30.4 Å². The quantitative estimate of drug-likeness (QED) is 0.783. The third-order valence-electron chi connectivity index (χ3n) is 3.92. The summed E-state index contributed by atoms with van der Waals surface area (Å²) in [5, 5.41) is 10.8. The molecule has 94 valence electrons. The molecular weight excluding hydrogens is 215 g/mol. The number of benzene rings is 1. The molecule has 0 heterocycles. The standard InChI is InChI=1S/C15H21FO/c1-11-5-6-12(16)9-13(11)15(17)8-4-7-14(2,3)10-15/h5-6,9,17H,4,7-8,10H2,1-3H3. The maximum absolute atomic E-state index is 13.4. The van der Waals surface area contributed by atoms with Gasteiger partial charge in [-0.15, -0.1) is 0 Å². The average Bonchev–Trinajstić information content (AvgIpc) is 2.19. The van der Waals surface area contributed by atoms with Crippen LogP contribution in [-0.4, -0.2) is 5.11 Å². The number of aliphatic hydroxyl groups is 1. The molecule has 2 heteroatoms. The second-order valence-electron chi connectivity index (χ2n) is 6.19. The molecule has 0 spiro atoms. The van der Waals surface area contributed by atoms with Gasteiger partial charge in [-0.25, -0.2) is 4.39 Å². The van der Waals surface area contributed by atoms with Gasteiger partial charge in [-0.2, -0.15) is 0 Å². The summed E-state index contributed by atoms with van der Waals surface area (Å²) in [5.41, 5.74) is 1.02. The molecule has 1 N–H and O–H groups in total. The summed E-state index contributed by atoms with van der Waals surface area (Å²) in [6.45, 7) is 6.28. The van der Waals surface area contributed by atoms with E-state index >= 15 is 0 Å². The largest absolute Gasteiger partial charge is 0.385 e. The summed E-state index contributed by atoms with van der Waals surface area (Å²) in [6.07, 6.45) is 3.58. The minimum Gasteiger partial charge on any atom is -0.385 e. The van der Waals surface area contributed by atoms with E-state index in [0.29, 0.717) is 6.42 Å². The Labute approximate surface area is 103 Å². The summed E-state index contributed by atoms with van der Waals surface area (Å²) in [5.74, 6) is -0.262. The molecule has 1 aromatic rings. The van der Waals surface area contributed by atoms with Crippen LogP contribution in [0.4, 0.5) is 4.39 Å². The van der Waals surface area contributed by atoms with Crippen LogP contribution < -0.4 is 0 Å². The molecule has 1 unspecified atom stereocenters. The summed E-state index contributed by atoms with van der Waals surface area (Å²) in [4.78, 5) is 0. The molecule has 0 radical (unpaired) electrons. The smallest absolute Gasteiger partial charge is 0.123 e. The van der Waals surface area contributed by atoms with Crippen molar-refractivity contribution in [2.24, 2.45) is 5.41 Å². The minimum atomic E-state index is -0.853. The van der Waals surface area contributed by atoms with Crippen LogP contribution in [0.1, 0.15) is 50.7 Å². The van der Waals surface area contributed by atoms with Crippen molar-refractivity contribution < 1.29 is 9.50 Å². The Bertz CT molecular complexity index is 425. The van der Waals surface area contributed by atoms with Crippen molar-refractivity contribution in [3.8, 4) is 0 Å². The first-order valence-corrected chi connectivity index (χ1v) is 6.31. The Kier molecular flexibility index (Phi) is 3.03. The summed E-state index contributed by atoms with van der Waals surface area (Å²) in [7, 11) is 0. The monoisotopic (exact) mass is 236 g/mol. The Morgan fingerprint density at radius 2 is 1.94 bits per heavy atom. The molecule has 0 aliphatic heterocycles. The lowest BCUT2D eigenvalue weighted by Crippen LogP contribution is -2.37. The highest BCUT2D eigenvalue weighted by Gasteiger charge is 2.40. The Balaban J connectivity index is 2.40. The summed E-state index contributed by atoms with van der Waals surface area (Å²) in [6, 6.07) is 4.71. The molecule has 1 aliphatic carbocycles. The topological polar surface area (TPSA) is 20.2 Å². The van der Waals surface area contributed by atoms with Gasteiger partial charge in [-0.05, 0) is 61.3 Å². The number of rotatable bonds is 1. The predicted octanol–water partition coefficient (Wildman–Crippen LogP) is 3.92. The van der Waals surface area contributed by atoms with Crippen LogP contribution in [0.3, 0.4) is 0 Å². The van der Waals surface area contributed by atoms with Crippen LogP contribution in [0.25, 0.3) is 0 Å². The zero-order valence-corrected chi connectivity index (χ0v) is 10.9. The summed E-state index contributed by atoms with van der Waals surface area (Å²) >= 11 is 0. The first-order valence-electron chi connectivity index (χ1n) is 6.31. The third kappa shape index (κ3) is 2.52. The van der Waals surface area contributed by atoms with Gasteiger partial charge in [0.05, 0.1) is 5.60 Å². The van der Waals surface area contributed by atoms with Crippen molar-refractivity contribution in [3.63, 3.8) is 0 Å². The van der Waals surface area contributed by atoms with Crippen molar-refractivity contribution in [1.82, 2.24) is 0 Å². The van der Waals surface area contributed by atoms with Gasteiger partial charge < -0.3 is 5.11 Å². The molecule has 1 saturated carbocycles. The van der Waals surface area contributed by atoms with E-state index in [1.54, 1.807) is 6.07 Å². The predicted molar refractivity (Wildman–Crippen MR) is 67.3 cm³/mol. The van der Waals surface area contributed by atoms with Gasteiger partial charge in [0, 0.05) is 0 Å². The van der Waals surface area contributed by atoms with Crippen LogP contribution in [0.15, 0.2) is 18.2 Å². The van der Waals surface area contributed by atoms with Gasteiger partial charge >= 0.3 is 0 Å². The fourth-order valence-electron chi connectivity index (χ4n) is 3.15. The molecule has 0 saturated heterocycles.